The second kappa shape index (κ2) is 4.18. The van der Waals surface area contributed by atoms with Gasteiger partial charge in [-0.2, -0.15) is 0 Å². The molecule has 0 saturated carbocycles. The fourth-order valence-electron chi connectivity index (χ4n) is 1.66. The summed E-state index contributed by atoms with van der Waals surface area (Å²) in [4.78, 5) is 25.2. The third kappa shape index (κ3) is 1.58. The maximum absolute atomic E-state index is 11.6. The Bertz CT molecular complexity index is 542. The molecule has 0 aliphatic heterocycles. The summed E-state index contributed by atoms with van der Waals surface area (Å²) in [5.74, 6) is -0.438. The zero-order chi connectivity index (χ0) is 11.5. The lowest BCUT2D eigenvalue weighted by molar-refractivity contribution is 0.0522. The molecule has 0 unspecified atom stereocenters. The first kappa shape index (κ1) is 10.4. The average Bonchev–Trinajstić information content (AvgIpc) is 2.68. The summed E-state index contributed by atoms with van der Waals surface area (Å²) in [7, 11) is 0. The summed E-state index contributed by atoms with van der Waals surface area (Å²) in [6.07, 6.45) is 0.699. The molecule has 0 aliphatic rings. The van der Waals surface area contributed by atoms with Crippen molar-refractivity contribution >= 4 is 23.0 Å². The second-order valence-corrected chi connectivity index (χ2v) is 3.30. The third-order valence-corrected chi connectivity index (χ3v) is 2.34. The lowest BCUT2D eigenvalue weighted by Gasteiger charge is -1.99. The summed E-state index contributed by atoms with van der Waals surface area (Å²) >= 11 is 0. The SMILES string of the molecule is CCOC(=O)c1[nH]c(C=O)c2ccccc12. The predicted octanol–water partition coefficient (Wildman–Crippen LogP) is 2.16. The van der Waals surface area contributed by atoms with Gasteiger partial charge in [0.15, 0.2) is 6.29 Å². The van der Waals surface area contributed by atoms with Crippen molar-refractivity contribution in [1.29, 1.82) is 0 Å². The van der Waals surface area contributed by atoms with Crippen molar-refractivity contribution in [3.05, 3.63) is 35.7 Å². The molecule has 4 nitrogen and oxygen atoms in total. The van der Waals surface area contributed by atoms with E-state index in [2.05, 4.69) is 4.98 Å². The van der Waals surface area contributed by atoms with Gasteiger partial charge < -0.3 is 9.72 Å². The van der Waals surface area contributed by atoms with Crippen LogP contribution >= 0.6 is 0 Å². The molecular formula is C12H11NO3. The van der Waals surface area contributed by atoms with E-state index in [9.17, 15) is 9.59 Å². The monoisotopic (exact) mass is 217 g/mol. The van der Waals surface area contributed by atoms with Gasteiger partial charge in [-0.25, -0.2) is 4.79 Å². The first-order valence-corrected chi connectivity index (χ1v) is 5.01. The van der Waals surface area contributed by atoms with Crippen molar-refractivity contribution < 1.29 is 14.3 Å². The highest BCUT2D eigenvalue weighted by atomic mass is 16.5. The van der Waals surface area contributed by atoms with Crippen LogP contribution in [0, 0.1) is 0 Å². The number of carbonyl (C=O) groups excluding carboxylic acids is 2. The minimum Gasteiger partial charge on any atom is -0.461 e. The number of esters is 1. The van der Waals surface area contributed by atoms with Gasteiger partial charge in [0.1, 0.15) is 5.69 Å². The molecule has 0 amide bonds. The largest absolute Gasteiger partial charge is 0.461 e. The van der Waals surface area contributed by atoms with Crippen LogP contribution in [0.4, 0.5) is 0 Å². The van der Waals surface area contributed by atoms with Crippen LogP contribution in [-0.4, -0.2) is 23.8 Å². The number of hydrogen-bond donors (Lipinski definition) is 1. The highest BCUT2D eigenvalue weighted by Gasteiger charge is 2.16. The van der Waals surface area contributed by atoms with Crippen molar-refractivity contribution in [3.63, 3.8) is 0 Å². The highest BCUT2D eigenvalue weighted by molar-refractivity contribution is 6.08. The quantitative estimate of drug-likeness (QED) is 0.633. The van der Waals surface area contributed by atoms with Crippen LogP contribution in [0.5, 0.6) is 0 Å². The van der Waals surface area contributed by atoms with E-state index in [1.807, 2.05) is 12.1 Å². The van der Waals surface area contributed by atoms with Crippen LogP contribution in [0.15, 0.2) is 24.3 Å². The molecule has 0 fully saturated rings. The third-order valence-electron chi connectivity index (χ3n) is 2.34. The topological polar surface area (TPSA) is 59.2 Å². The molecule has 2 rings (SSSR count). The van der Waals surface area contributed by atoms with Gasteiger partial charge in [-0.3, -0.25) is 4.79 Å². The van der Waals surface area contributed by atoms with Crippen molar-refractivity contribution in [2.24, 2.45) is 0 Å². The summed E-state index contributed by atoms with van der Waals surface area (Å²) in [5.41, 5.74) is 0.734. The highest BCUT2D eigenvalue weighted by Crippen LogP contribution is 2.22. The molecule has 1 heterocycles. The molecule has 4 heteroatoms. The van der Waals surface area contributed by atoms with E-state index in [-0.39, 0.29) is 0 Å². The van der Waals surface area contributed by atoms with Crippen LogP contribution in [0.1, 0.15) is 27.9 Å². The van der Waals surface area contributed by atoms with Gasteiger partial charge in [0.25, 0.3) is 0 Å². The minimum absolute atomic E-state index is 0.308. The smallest absolute Gasteiger partial charge is 0.355 e. The number of nitrogens with one attached hydrogen (secondary N) is 1. The number of aromatic amines is 1. The fraction of sp³-hybridized carbons (Fsp3) is 0.167. The Morgan fingerprint density at radius 1 is 1.38 bits per heavy atom. The zero-order valence-electron chi connectivity index (χ0n) is 8.82. The second-order valence-electron chi connectivity index (χ2n) is 3.30. The van der Waals surface area contributed by atoms with Crippen molar-refractivity contribution in [1.82, 2.24) is 4.98 Å². The van der Waals surface area contributed by atoms with Crippen LogP contribution in [0.2, 0.25) is 0 Å². The van der Waals surface area contributed by atoms with E-state index in [0.717, 1.165) is 5.39 Å². The Morgan fingerprint density at radius 2 is 2.06 bits per heavy atom. The summed E-state index contributed by atoms with van der Waals surface area (Å²) in [5, 5.41) is 1.45. The van der Waals surface area contributed by atoms with Gasteiger partial charge in [-0.05, 0) is 6.92 Å². The number of benzene rings is 1. The maximum atomic E-state index is 11.6. The molecule has 1 N–H and O–H groups in total. The summed E-state index contributed by atoms with van der Waals surface area (Å²) < 4.78 is 4.91. The minimum atomic E-state index is -0.438. The molecule has 0 bridgehead atoms. The molecule has 0 spiro atoms. The molecular weight excluding hydrogens is 206 g/mol. The molecule has 1 aromatic carbocycles. The Labute approximate surface area is 92.2 Å². The van der Waals surface area contributed by atoms with Gasteiger partial charge in [0, 0.05) is 10.8 Å². The summed E-state index contributed by atoms with van der Waals surface area (Å²) in [6.45, 7) is 2.05. The predicted molar refractivity (Wildman–Crippen MR) is 59.6 cm³/mol. The van der Waals surface area contributed by atoms with Crippen molar-refractivity contribution in [2.75, 3.05) is 6.61 Å². The molecule has 1 aromatic heterocycles. The van der Waals surface area contributed by atoms with E-state index in [1.54, 1.807) is 19.1 Å². The number of aldehydes is 1. The maximum Gasteiger partial charge on any atom is 0.355 e. The number of ether oxygens (including phenoxy) is 1. The first-order chi connectivity index (χ1) is 7.77. The number of carbonyl (C=O) groups is 2. The lowest BCUT2D eigenvalue weighted by Crippen LogP contribution is -2.05. The van der Waals surface area contributed by atoms with Gasteiger partial charge in [0.05, 0.1) is 12.3 Å². The van der Waals surface area contributed by atoms with Crippen molar-refractivity contribution in [2.45, 2.75) is 6.92 Å². The van der Waals surface area contributed by atoms with Gasteiger partial charge >= 0.3 is 5.97 Å². The van der Waals surface area contributed by atoms with E-state index in [4.69, 9.17) is 4.74 Å². The molecule has 2 aromatic rings. The zero-order valence-corrected chi connectivity index (χ0v) is 8.82. The Kier molecular flexibility index (Phi) is 2.72. The van der Waals surface area contributed by atoms with Crippen molar-refractivity contribution in [3.8, 4) is 0 Å². The Hall–Kier alpha value is -2.10. The Balaban J connectivity index is 2.61. The van der Waals surface area contributed by atoms with Crippen LogP contribution in [0.25, 0.3) is 10.8 Å². The molecule has 82 valence electrons. The standard InChI is InChI=1S/C12H11NO3/c1-2-16-12(15)11-9-6-4-3-5-8(9)10(7-14)13-11/h3-7,13H,2H2,1H3. The summed E-state index contributed by atoms with van der Waals surface area (Å²) in [6, 6.07) is 7.20. The van der Waals surface area contributed by atoms with E-state index < -0.39 is 5.97 Å². The molecule has 0 saturated heterocycles. The number of rotatable bonds is 3. The molecule has 0 radical (unpaired) electrons. The van der Waals surface area contributed by atoms with E-state index in [0.29, 0.717) is 29.7 Å². The molecule has 16 heavy (non-hydrogen) atoms. The van der Waals surface area contributed by atoms with E-state index >= 15 is 0 Å². The Morgan fingerprint density at radius 3 is 2.69 bits per heavy atom. The van der Waals surface area contributed by atoms with E-state index in [1.165, 1.54) is 0 Å². The number of H-pyrrole nitrogens is 1. The number of fused-ring (bicyclic) bond motifs is 1. The van der Waals surface area contributed by atoms with Gasteiger partial charge in [-0.1, -0.05) is 24.3 Å². The number of hydrogen-bond acceptors (Lipinski definition) is 3. The van der Waals surface area contributed by atoms with Crippen LogP contribution in [0.3, 0.4) is 0 Å². The first-order valence-electron chi connectivity index (χ1n) is 5.01. The van der Waals surface area contributed by atoms with Gasteiger partial charge in [-0.15, -0.1) is 0 Å². The lowest BCUT2D eigenvalue weighted by atomic mass is 10.1. The average molecular weight is 217 g/mol. The normalized spacial score (nSPS) is 10.3. The van der Waals surface area contributed by atoms with Crippen LogP contribution < -0.4 is 0 Å². The fourth-order valence-corrected chi connectivity index (χ4v) is 1.66. The van der Waals surface area contributed by atoms with Crippen LogP contribution in [-0.2, 0) is 4.74 Å². The molecule has 0 atom stereocenters. The number of aromatic nitrogens is 1. The molecule has 0 aliphatic carbocycles. The van der Waals surface area contributed by atoms with Gasteiger partial charge in [0.2, 0.25) is 0 Å².